The van der Waals surface area contributed by atoms with Crippen LogP contribution in [0.15, 0.2) is 18.2 Å². The normalized spacial score (nSPS) is 25.7. The standard InChI is InChI=1S/C15H20N2O4/c1-9-6-10(2)11(3)16(8-9)14-7-12(15(18)19)4-5-13(14)17(20)21/h4-5,7,9-11H,6,8H2,1-3H3,(H,18,19). The Morgan fingerprint density at radius 1 is 1.38 bits per heavy atom. The van der Waals surface area contributed by atoms with E-state index in [2.05, 4.69) is 13.8 Å². The molecule has 2 rings (SSSR count). The van der Waals surface area contributed by atoms with Crippen molar-refractivity contribution in [2.75, 3.05) is 11.4 Å². The lowest BCUT2D eigenvalue weighted by molar-refractivity contribution is -0.384. The molecule has 1 aromatic carbocycles. The van der Waals surface area contributed by atoms with E-state index in [1.165, 1.54) is 18.2 Å². The van der Waals surface area contributed by atoms with Gasteiger partial charge in [0, 0.05) is 18.7 Å². The topological polar surface area (TPSA) is 83.7 Å². The Balaban J connectivity index is 2.51. The number of benzene rings is 1. The summed E-state index contributed by atoms with van der Waals surface area (Å²) in [5.41, 5.74) is 0.452. The number of carbonyl (C=O) groups is 1. The van der Waals surface area contributed by atoms with E-state index in [9.17, 15) is 14.9 Å². The molecule has 1 saturated heterocycles. The van der Waals surface area contributed by atoms with Crippen LogP contribution in [0.4, 0.5) is 11.4 Å². The number of carboxylic acids is 1. The lowest BCUT2D eigenvalue weighted by Gasteiger charge is -2.42. The molecule has 0 saturated carbocycles. The first-order valence-corrected chi connectivity index (χ1v) is 7.09. The van der Waals surface area contributed by atoms with Gasteiger partial charge < -0.3 is 10.0 Å². The van der Waals surface area contributed by atoms with Crippen molar-refractivity contribution in [3.63, 3.8) is 0 Å². The minimum atomic E-state index is -1.07. The van der Waals surface area contributed by atoms with E-state index < -0.39 is 10.9 Å². The average molecular weight is 292 g/mol. The van der Waals surface area contributed by atoms with E-state index in [1.807, 2.05) is 11.8 Å². The van der Waals surface area contributed by atoms with Gasteiger partial charge in [-0.05, 0) is 37.3 Å². The number of carboxylic acid groups (broad SMARTS) is 1. The van der Waals surface area contributed by atoms with Gasteiger partial charge in [0.2, 0.25) is 0 Å². The summed E-state index contributed by atoms with van der Waals surface area (Å²) in [5.74, 6) is -0.247. The van der Waals surface area contributed by atoms with Crippen LogP contribution in [0.1, 0.15) is 37.6 Å². The Morgan fingerprint density at radius 2 is 2.05 bits per heavy atom. The monoisotopic (exact) mass is 292 g/mol. The van der Waals surface area contributed by atoms with Gasteiger partial charge in [0.25, 0.3) is 5.69 Å². The molecule has 0 radical (unpaired) electrons. The maximum absolute atomic E-state index is 11.2. The third kappa shape index (κ3) is 2.99. The molecule has 6 nitrogen and oxygen atoms in total. The first-order chi connectivity index (χ1) is 9.81. The van der Waals surface area contributed by atoms with Crippen LogP contribution >= 0.6 is 0 Å². The van der Waals surface area contributed by atoms with Crippen molar-refractivity contribution in [1.82, 2.24) is 0 Å². The molecule has 1 aromatic rings. The highest BCUT2D eigenvalue weighted by Crippen LogP contribution is 2.37. The van der Waals surface area contributed by atoms with E-state index in [4.69, 9.17) is 5.11 Å². The smallest absolute Gasteiger partial charge is 0.335 e. The fourth-order valence-electron chi connectivity index (χ4n) is 3.07. The molecule has 6 heteroatoms. The van der Waals surface area contributed by atoms with E-state index >= 15 is 0 Å². The van der Waals surface area contributed by atoms with Crippen LogP contribution in [-0.2, 0) is 0 Å². The summed E-state index contributed by atoms with van der Waals surface area (Å²) in [5, 5.41) is 20.4. The maximum atomic E-state index is 11.2. The molecule has 1 aliphatic rings. The highest BCUT2D eigenvalue weighted by Gasteiger charge is 2.32. The number of hydrogen-bond acceptors (Lipinski definition) is 4. The van der Waals surface area contributed by atoms with Crippen LogP contribution in [-0.4, -0.2) is 28.6 Å². The van der Waals surface area contributed by atoms with Crippen LogP contribution in [0, 0.1) is 22.0 Å². The second-order valence-electron chi connectivity index (χ2n) is 5.98. The molecule has 21 heavy (non-hydrogen) atoms. The second-order valence-corrected chi connectivity index (χ2v) is 5.98. The summed E-state index contributed by atoms with van der Waals surface area (Å²) >= 11 is 0. The van der Waals surface area contributed by atoms with E-state index in [0.29, 0.717) is 24.1 Å². The van der Waals surface area contributed by atoms with Gasteiger partial charge in [0.15, 0.2) is 0 Å². The quantitative estimate of drug-likeness (QED) is 0.683. The summed E-state index contributed by atoms with van der Waals surface area (Å²) in [6, 6.07) is 4.13. The van der Waals surface area contributed by atoms with Crippen molar-refractivity contribution in [2.24, 2.45) is 11.8 Å². The van der Waals surface area contributed by atoms with E-state index in [1.54, 1.807) is 0 Å². The van der Waals surface area contributed by atoms with Crippen molar-refractivity contribution < 1.29 is 14.8 Å². The van der Waals surface area contributed by atoms with Crippen LogP contribution in [0.25, 0.3) is 0 Å². The number of hydrogen-bond donors (Lipinski definition) is 1. The molecule has 1 heterocycles. The van der Waals surface area contributed by atoms with Gasteiger partial charge in [-0.3, -0.25) is 10.1 Å². The SMILES string of the molecule is CC1CC(C)C(C)N(c2cc(C(=O)O)ccc2[N+](=O)[O-])C1. The Morgan fingerprint density at radius 3 is 2.62 bits per heavy atom. The fourth-order valence-corrected chi connectivity index (χ4v) is 3.07. The number of nitro groups is 1. The largest absolute Gasteiger partial charge is 0.478 e. The molecule has 114 valence electrons. The number of piperidine rings is 1. The molecule has 1 aliphatic heterocycles. The van der Waals surface area contributed by atoms with Gasteiger partial charge in [-0.25, -0.2) is 4.79 Å². The number of aromatic carboxylic acids is 1. The van der Waals surface area contributed by atoms with Gasteiger partial charge >= 0.3 is 5.97 Å². The first kappa shape index (κ1) is 15.3. The van der Waals surface area contributed by atoms with Gasteiger partial charge in [0.05, 0.1) is 10.5 Å². The molecule has 0 aliphatic carbocycles. The van der Waals surface area contributed by atoms with Crippen molar-refractivity contribution >= 4 is 17.3 Å². The summed E-state index contributed by atoms with van der Waals surface area (Å²) in [6.45, 7) is 6.98. The Kier molecular flexibility index (Phi) is 4.16. The number of anilines is 1. The minimum absolute atomic E-state index is 0.0341. The molecular formula is C15H20N2O4. The molecule has 3 atom stereocenters. The zero-order valence-corrected chi connectivity index (χ0v) is 12.4. The van der Waals surface area contributed by atoms with Crippen LogP contribution in [0.2, 0.25) is 0 Å². The lowest BCUT2D eigenvalue weighted by Crippen LogP contribution is -2.46. The average Bonchev–Trinajstić information content (AvgIpc) is 2.41. The summed E-state index contributed by atoms with van der Waals surface area (Å²) in [6.07, 6.45) is 1.07. The highest BCUT2D eigenvalue weighted by atomic mass is 16.6. The van der Waals surface area contributed by atoms with Gasteiger partial charge in [-0.15, -0.1) is 0 Å². The summed E-state index contributed by atoms with van der Waals surface area (Å²) < 4.78 is 0. The molecule has 3 unspecified atom stereocenters. The number of nitrogens with zero attached hydrogens (tertiary/aromatic N) is 2. The zero-order valence-electron chi connectivity index (χ0n) is 12.4. The van der Waals surface area contributed by atoms with Crippen molar-refractivity contribution in [1.29, 1.82) is 0 Å². The lowest BCUT2D eigenvalue weighted by atomic mass is 9.85. The first-order valence-electron chi connectivity index (χ1n) is 7.09. The van der Waals surface area contributed by atoms with Gasteiger partial charge in [0.1, 0.15) is 5.69 Å². The number of nitro benzene ring substituents is 1. The Bertz CT molecular complexity index is 573. The fraction of sp³-hybridized carbons (Fsp3) is 0.533. The predicted octanol–water partition coefficient (Wildman–Crippen LogP) is 3.16. The molecule has 0 bridgehead atoms. The van der Waals surface area contributed by atoms with Crippen LogP contribution < -0.4 is 4.90 Å². The molecular weight excluding hydrogens is 272 g/mol. The van der Waals surface area contributed by atoms with Gasteiger partial charge in [-0.2, -0.15) is 0 Å². The summed E-state index contributed by atoms with van der Waals surface area (Å²) in [7, 11) is 0. The zero-order chi connectivity index (χ0) is 15.7. The molecule has 1 N–H and O–H groups in total. The van der Waals surface area contributed by atoms with E-state index in [-0.39, 0.29) is 17.3 Å². The molecule has 0 spiro atoms. The predicted molar refractivity (Wildman–Crippen MR) is 79.8 cm³/mol. The van der Waals surface area contributed by atoms with Crippen LogP contribution in [0.3, 0.4) is 0 Å². The van der Waals surface area contributed by atoms with Crippen LogP contribution in [0.5, 0.6) is 0 Å². The Hall–Kier alpha value is -2.11. The van der Waals surface area contributed by atoms with E-state index in [0.717, 1.165) is 6.42 Å². The third-order valence-corrected chi connectivity index (χ3v) is 4.33. The van der Waals surface area contributed by atoms with Gasteiger partial charge in [-0.1, -0.05) is 13.8 Å². The Labute approximate surface area is 123 Å². The van der Waals surface area contributed by atoms with Crippen molar-refractivity contribution in [3.8, 4) is 0 Å². The third-order valence-electron chi connectivity index (χ3n) is 4.33. The second kappa shape index (κ2) is 5.71. The van der Waals surface area contributed by atoms with Crippen molar-refractivity contribution in [3.05, 3.63) is 33.9 Å². The summed E-state index contributed by atoms with van der Waals surface area (Å²) in [4.78, 5) is 23.9. The minimum Gasteiger partial charge on any atom is -0.478 e. The molecule has 0 amide bonds. The van der Waals surface area contributed by atoms with Crippen molar-refractivity contribution in [2.45, 2.75) is 33.2 Å². The molecule has 0 aromatic heterocycles. The maximum Gasteiger partial charge on any atom is 0.335 e. The number of rotatable bonds is 3. The molecule has 1 fully saturated rings. The highest BCUT2D eigenvalue weighted by molar-refractivity contribution is 5.90.